The number of para-hydroxylation sites is 1. The average molecular weight is 192 g/mol. The van der Waals surface area contributed by atoms with Crippen LogP contribution in [-0.2, 0) is 9.29 Å². The van der Waals surface area contributed by atoms with Gasteiger partial charge in [-0.3, -0.25) is 4.89 Å². The molecule has 4 nitrogen and oxygen atoms in total. The molecule has 0 heterocycles. The molecular weight excluding hydrogens is 186 g/mol. The van der Waals surface area contributed by atoms with Crippen molar-refractivity contribution < 1.29 is 23.2 Å². The maximum absolute atomic E-state index is 11.3. The molecule has 0 spiro atoms. The van der Waals surface area contributed by atoms with Gasteiger partial charge in [-0.1, -0.05) is 22.9 Å². The largest absolute Gasteiger partial charge is 0.559 e. The third kappa shape index (κ3) is 2.62. The molecule has 6 heteroatoms. The maximum atomic E-state index is 11.3. The van der Waals surface area contributed by atoms with Crippen LogP contribution in [0.2, 0.25) is 0 Å². The molecule has 0 bridgehead atoms. The van der Waals surface area contributed by atoms with Gasteiger partial charge in [-0.05, 0) is 16.7 Å². The average Bonchev–Trinajstić information content (AvgIpc) is 2.06. The van der Waals surface area contributed by atoms with E-state index in [1.54, 1.807) is 18.2 Å². The van der Waals surface area contributed by atoms with Crippen molar-refractivity contribution in [1.29, 1.82) is 0 Å². The van der Waals surface area contributed by atoms with Crippen LogP contribution in [0.25, 0.3) is 0 Å². The SMILES string of the molecule is O=P(O)(OF)Oc1ccccc1. The van der Waals surface area contributed by atoms with Gasteiger partial charge in [0.25, 0.3) is 0 Å². The normalized spacial score (nSPS) is 15.2. The third-order valence-corrected chi connectivity index (χ3v) is 1.67. The number of halogens is 1. The summed E-state index contributed by atoms with van der Waals surface area (Å²) in [4.78, 5) is 8.51. The smallest absolute Gasteiger partial charge is 0.403 e. The fourth-order valence-electron chi connectivity index (χ4n) is 0.629. The molecule has 1 rings (SSSR count). The fraction of sp³-hybridized carbons (Fsp3) is 0. The van der Waals surface area contributed by atoms with Crippen LogP contribution in [0.1, 0.15) is 0 Å². The van der Waals surface area contributed by atoms with E-state index < -0.39 is 7.82 Å². The Morgan fingerprint density at radius 3 is 2.42 bits per heavy atom. The molecule has 0 aromatic heterocycles. The number of phosphoric ester groups is 1. The number of hydrogen-bond acceptors (Lipinski definition) is 3. The lowest BCUT2D eigenvalue weighted by Crippen LogP contribution is -1.90. The van der Waals surface area contributed by atoms with Gasteiger partial charge in [-0.2, -0.15) is 0 Å². The van der Waals surface area contributed by atoms with Gasteiger partial charge in [-0.15, -0.1) is 0 Å². The lowest BCUT2D eigenvalue weighted by Gasteiger charge is -2.06. The van der Waals surface area contributed by atoms with Crippen molar-refractivity contribution in [3.05, 3.63) is 30.3 Å². The van der Waals surface area contributed by atoms with E-state index in [0.717, 1.165) is 0 Å². The zero-order chi connectivity index (χ0) is 9.03. The Morgan fingerprint density at radius 1 is 1.33 bits per heavy atom. The van der Waals surface area contributed by atoms with Gasteiger partial charge in [0.05, 0.1) is 0 Å². The second-order valence-electron chi connectivity index (χ2n) is 1.94. The van der Waals surface area contributed by atoms with Crippen LogP contribution in [0.5, 0.6) is 5.75 Å². The second kappa shape index (κ2) is 3.67. The highest BCUT2D eigenvalue weighted by Gasteiger charge is 2.23. The Bertz CT molecular complexity index is 289. The summed E-state index contributed by atoms with van der Waals surface area (Å²) in [5, 5.41) is 0. The van der Waals surface area contributed by atoms with Gasteiger partial charge in [0.2, 0.25) is 0 Å². The third-order valence-electron chi connectivity index (χ3n) is 1.05. The predicted octanol–water partition coefficient (Wildman–Crippen LogP) is 2.07. The fourth-order valence-corrected chi connectivity index (χ4v) is 1.04. The predicted molar refractivity (Wildman–Crippen MR) is 39.1 cm³/mol. The maximum Gasteiger partial charge on any atom is 0.559 e. The number of rotatable bonds is 3. The Hall–Kier alpha value is -0.900. The first-order valence-electron chi connectivity index (χ1n) is 3.02. The van der Waals surface area contributed by atoms with Gasteiger partial charge in [0.1, 0.15) is 5.75 Å². The molecule has 0 saturated heterocycles. The van der Waals surface area contributed by atoms with Gasteiger partial charge >= 0.3 is 7.82 Å². The quantitative estimate of drug-likeness (QED) is 0.744. The number of phosphoric acid groups is 1. The van der Waals surface area contributed by atoms with Crippen LogP contribution >= 0.6 is 7.82 Å². The number of hydrogen-bond donors (Lipinski definition) is 1. The topological polar surface area (TPSA) is 55.8 Å². The molecular formula is C6H6FO4P. The van der Waals surface area contributed by atoms with E-state index in [4.69, 9.17) is 4.89 Å². The van der Waals surface area contributed by atoms with Crippen LogP contribution < -0.4 is 4.52 Å². The van der Waals surface area contributed by atoms with E-state index in [2.05, 4.69) is 9.25 Å². The van der Waals surface area contributed by atoms with E-state index in [0.29, 0.717) is 0 Å². The van der Waals surface area contributed by atoms with Crippen molar-refractivity contribution in [2.24, 2.45) is 0 Å². The molecule has 0 aliphatic rings. The summed E-state index contributed by atoms with van der Waals surface area (Å²) < 4.78 is 28.8. The van der Waals surface area contributed by atoms with Crippen LogP contribution in [0.3, 0.4) is 0 Å². The van der Waals surface area contributed by atoms with E-state index in [1.807, 2.05) is 0 Å². The molecule has 0 aliphatic heterocycles. The highest BCUT2D eigenvalue weighted by Crippen LogP contribution is 2.43. The Morgan fingerprint density at radius 2 is 1.92 bits per heavy atom. The molecule has 1 aromatic rings. The van der Waals surface area contributed by atoms with E-state index >= 15 is 0 Å². The molecule has 0 aliphatic carbocycles. The van der Waals surface area contributed by atoms with Crippen molar-refractivity contribution in [2.75, 3.05) is 0 Å². The molecule has 1 aromatic carbocycles. The minimum atomic E-state index is -4.56. The summed E-state index contributed by atoms with van der Waals surface area (Å²) in [5.74, 6) is 0.0704. The summed E-state index contributed by atoms with van der Waals surface area (Å²) >= 11 is 0. The van der Waals surface area contributed by atoms with Crippen molar-refractivity contribution in [3.63, 3.8) is 0 Å². The summed E-state index contributed by atoms with van der Waals surface area (Å²) in [6.07, 6.45) is 0. The van der Waals surface area contributed by atoms with Crippen molar-refractivity contribution in [3.8, 4) is 5.75 Å². The molecule has 0 fully saturated rings. The molecule has 0 radical (unpaired) electrons. The highest BCUT2D eigenvalue weighted by molar-refractivity contribution is 7.47. The molecule has 66 valence electrons. The van der Waals surface area contributed by atoms with Gasteiger partial charge in [0.15, 0.2) is 0 Å². The monoisotopic (exact) mass is 192 g/mol. The first kappa shape index (κ1) is 9.19. The summed E-state index contributed by atoms with van der Waals surface area (Å²) in [6, 6.07) is 7.65. The molecule has 1 unspecified atom stereocenters. The van der Waals surface area contributed by atoms with Crippen molar-refractivity contribution in [1.82, 2.24) is 0 Å². The van der Waals surface area contributed by atoms with Gasteiger partial charge < -0.3 is 4.52 Å². The zero-order valence-corrected chi connectivity index (χ0v) is 6.78. The van der Waals surface area contributed by atoms with E-state index in [-0.39, 0.29) is 5.75 Å². The van der Waals surface area contributed by atoms with Gasteiger partial charge in [0, 0.05) is 0 Å². The van der Waals surface area contributed by atoms with Crippen molar-refractivity contribution >= 4 is 7.82 Å². The van der Waals surface area contributed by atoms with E-state index in [1.165, 1.54) is 12.1 Å². The lowest BCUT2D eigenvalue weighted by atomic mass is 10.3. The van der Waals surface area contributed by atoms with E-state index in [9.17, 15) is 9.09 Å². The van der Waals surface area contributed by atoms with Crippen LogP contribution in [0, 0.1) is 0 Å². The lowest BCUT2D eigenvalue weighted by molar-refractivity contribution is -0.0363. The molecule has 1 N–H and O–H groups in total. The first-order valence-corrected chi connectivity index (χ1v) is 4.51. The Labute approximate surface area is 68.1 Å². The van der Waals surface area contributed by atoms with Crippen LogP contribution in [0.4, 0.5) is 4.53 Å². The number of benzene rings is 1. The molecule has 0 amide bonds. The van der Waals surface area contributed by atoms with Crippen LogP contribution in [0.15, 0.2) is 30.3 Å². The second-order valence-corrected chi connectivity index (χ2v) is 3.20. The summed E-state index contributed by atoms with van der Waals surface area (Å²) in [7, 11) is -4.56. The highest BCUT2D eigenvalue weighted by atomic mass is 31.2. The summed E-state index contributed by atoms with van der Waals surface area (Å²) in [5.41, 5.74) is 0. The van der Waals surface area contributed by atoms with Gasteiger partial charge in [-0.25, -0.2) is 4.57 Å². The Kier molecular flexibility index (Phi) is 2.81. The standard InChI is InChI=1S/C6H6FO4P/c7-11-12(8,9)10-6-4-2-1-3-5-6/h1-5H,(H,8,9). The minimum absolute atomic E-state index is 0.0704. The van der Waals surface area contributed by atoms with Crippen molar-refractivity contribution in [2.45, 2.75) is 0 Å². The first-order chi connectivity index (χ1) is 5.64. The minimum Gasteiger partial charge on any atom is -0.403 e. The zero-order valence-electron chi connectivity index (χ0n) is 5.88. The Balaban J connectivity index is 2.71. The molecule has 1 atom stereocenters. The summed E-state index contributed by atoms with van der Waals surface area (Å²) in [6.45, 7) is 0. The molecule has 12 heavy (non-hydrogen) atoms. The molecule has 0 saturated carbocycles. The van der Waals surface area contributed by atoms with Crippen LogP contribution in [-0.4, -0.2) is 4.89 Å².